The predicted octanol–water partition coefficient (Wildman–Crippen LogP) is 15.2. The molecule has 312 valence electrons. The van der Waals surface area contributed by atoms with Crippen LogP contribution in [0.25, 0.3) is 0 Å². The van der Waals surface area contributed by atoms with Gasteiger partial charge in [0.15, 0.2) is 0 Å². The summed E-state index contributed by atoms with van der Waals surface area (Å²) in [6, 6.07) is 0.336. The fraction of sp³-hybridized carbons (Fsp3) is 0.980. The summed E-state index contributed by atoms with van der Waals surface area (Å²) in [4.78, 5) is 15.1. The lowest BCUT2D eigenvalue weighted by Gasteiger charge is -2.25. The Hall–Kier alpha value is -0.570. The molecule has 0 bridgehead atoms. The molecule has 0 aromatic heterocycles. The van der Waals surface area contributed by atoms with Gasteiger partial charge in [-0.25, -0.2) is 0 Å². The van der Waals surface area contributed by atoms with Crippen LogP contribution in [0, 0.1) is 53.3 Å². The van der Waals surface area contributed by atoms with E-state index >= 15 is 0 Å². The first kappa shape index (κ1) is 51.4. The maximum absolute atomic E-state index is 13.0. The van der Waals surface area contributed by atoms with Gasteiger partial charge in [-0.15, -0.1) is 0 Å². The summed E-state index contributed by atoms with van der Waals surface area (Å²) in [7, 11) is 4.19. The van der Waals surface area contributed by atoms with E-state index in [9.17, 15) is 4.79 Å². The largest absolute Gasteiger partial charge is 0.353 e. The SMILES string of the molecule is CC(C)CCCC(C)CCCC(C)CCCC(C)CCCC(CCC(C)C(C)CCC(C)CCCC(C)CCCC(C)C)NC(=O)CCCN(C)C. The van der Waals surface area contributed by atoms with Crippen LogP contribution in [-0.4, -0.2) is 37.5 Å². The number of carbonyl (C=O) groups is 1. The Balaban J connectivity index is 4.55. The number of hydrogen-bond donors (Lipinski definition) is 1. The molecule has 0 saturated heterocycles. The van der Waals surface area contributed by atoms with Crippen molar-refractivity contribution in [1.29, 1.82) is 0 Å². The average molecular weight is 733 g/mol. The molecule has 0 spiro atoms. The Kier molecular flexibility index (Phi) is 32.3. The molecule has 0 aliphatic heterocycles. The minimum absolute atomic E-state index is 0.266. The zero-order valence-corrected chi connectivity index (χ0v) is 38.3. The molecule has 0 radical (unpaired) electrons. The molecule has 0 aromatic carbocycles. The molecule has 1 N–H and O–H groups in total. The molecule has 0 rings (SSSR count). The van der Waals surface area contributed by atoms with Gasteiger partial charge in [-0.05, 0) is 99.6 Å². The Labute approximate surface area is 330 Å². The summed E-state index contributed by atoms with van der Waals surface area (Å²) in [5, 5.41) is 3.50. The normalized spacial score (nSPS) is 16.9. The monoisotopic (exact) mass is 733 g/mol. The van der Waals surface area contributed by atoms with E-state index in [2.05, 4.69) is 100 Å². The Morgan fingerprint density at radius 3 is 1.10 bits per heavy atom. The second kappa shape index (κ2) is 32.7. The molecule has 3 heteroatoms. The lowest BCUT2D eigenvalue weighted by molar-refractivity contribution is -0.122. The summed E-state index contributed by atoms with van der Waals surface area (Å²) >= 11 is 0. The van der Waals surface area contributed by atoms with Crippen LogP contribution in [0.15, 0.2) is 0 Å². The highest BCUT2D eigenvalue weighted by molar-refractivity contribution is 5.76. The van der Waals surface area contributed by atoms with E-state index in [4.69, 9.17) is 0 Å². The number of rotatable bonds is 36. The van der Waals surface area contributed by atoms with E-state index in [0.29, 0.717) is 12.5 Å². The second-order valence-corrected chi connectivity index (χ2v) is 20.2. The van der Waals surface area contributed by atoms with Gasteiger partial charge in [0.2, 0.25) is 5.91 Å². The van der Waals surface area contributed by atoms with Gasteiger partial charge in [-0.1, -0.05) is 198 Å². The molecule has 0 saturated carbocycles. The zero-order chi connectivity index (χ0) is 39.3. The highest BCUT2D eigenvalue weighted by atomic mass is 16.1. The first-order valence-electron chi connectivity index (χ1n) is 23.5. The standard InChI is InChI=1S/C49H100N2O/c1-39(2)21-14-23-41(5)25-16-26-43(7)27-17-28-44(8)31-19-32-48(50-49(52)33-20-38-51(12)13)37-36-47(11)46(10)35-34-45(9)30-18-29-42(6)24-15-22-40(3)4/h39-48H,14-38H2,1-13H3,(H,50,52). The van der Waals surface area contributed by atoms with Crippen molar-refractivity contribution in [3.8, 4) is 0 Å². The van der Waals surface area contributed by atoms with Gasteiger partial charge in [0.25, 0.3) is 0 Å². The van der Waals surface area contributed by atoms with E-state index in [1.165, 1.54) is 128 Å². The van der Waals surface area contributed by atoms with Gasteiger partial charge in [0, 0.05) is 12.5 Å². The van der Waals surface area contributed by atoms with Gasteiger partial charge in [0.1, 0.15) is 0 Å². The van der Waals surface area contributed by atoms with Crippen molar-refractivity contribution in [2.45, 2.75) is 236 Å². The molecule has 0 fully saturated rings. The van der Waals surface area contributed by atoms with Crippen LogP contribution in [0.1, 0.15) is 230 Å². The third-order valence-electron chi connectivity index (χ3n) is 12.8. The lowest BCUT2D eigenvalue weighted by Crippen LogP contribution is -2.35. The first-order chi connectivity index (χ1) is 24.6. The molecular weight excluding hydrogens is 633 g/mol. The smallest absolute Gasteiger partial charge is 0.220 e. The van der Waals surface area contributed by atoms with Crippen molar-refractivity contribution in [2.75, 3.05) is 20.6 Å². The summed E-state index contributed by atoms with van der Waals surface area (Å²) in [6.45, 7) is 27.7. The molecule has 0 aliphatic carbocycles. The van der Waals surface area contributed by atoms with Gasteiger partial charge in [-0.2, -0.15) is 0 Å². The van der Waals surface area contributed by atoms with Gasteiger partial charge in [-0.3, -0.25) is 4.79 Å². The Morgan fingerprint density at radius 2 is 0.731 bits per heavy atom. The summed E-state index contributed by atoms with van der Waals surface area (Å²) in [6.07, 6.45) is 31.4. The van der Waals surface area contributed by atoms with Gasteiger partial charge in [0.05, 0.1) is 0 Å². The summed E-state index contributed by atoms with van der Waals surface area (Å²) in [5.74, 6) is 7.73. The Bertz CT molecular complexity index is 792. The molecule has 0 heterocycles. The molecular formula is C49H100N2O. The molecule has 0 aliphatic rings. The Morgan fingerprint density at radius 1 is 0.404 bits per heavy atom. The van der Waals surface area contributed by atoms with Crippen molar-refractivity contribution in [1.82, 2.24) is 10.2 Å². The van der Waals surface area contributed by atoms with E-state index in [-0.39, 0.29) is 5.91 Å². The second-order valence-electron chi connectivity index (χ2n) is 20.2. The molecule has 1 amide bonds. The highest BCUT2D eigenvalue weighted by Crippen LogP contribution is 2.28. The van der Waals surface area contributed by atoms with Crippen LogP contribution in [0.2, 0.25) is 0 Å². The minimum atomic E-state index is 0.266. The fourth-order valence-corrected chi connectivity index (χ4v) is 8.35. The van der Waals surface area contributed by atoms with E-state index in [1.54, 1.807) is 0 Å². The topological polar surface area (TPSA) is 32.3 Å². The quantitative estimate of drug-likeness (QED) is 0.0695. The average Bonchev–Trinajstić information content (AvgIpc) is 3.05. The summed E-state index contributed by atoms with van der Waals surface area (Å²) in [5.41, 5.74) is 0. The number of nitrogens with one attached hydrogen (secondary N) is 1. The molecule has 52 heavy (non-hydrogen) atoms. The van der Waals surface area contributed by atoms with Crippen LogP contribution in [0.3, 0.4) is 0 Å². The molecule has 8 atom stereocenters. The van der Waals surface area contributed by atoms with Crippen LogP contribution >= 0.6 is 0 Å². The third-order valence-corrected chi connectivity index (χ3v) is 12.8. The van der Waals surface area contributed by atoms with E-state index in [1.807, 2.05) is 0 Å². The van der Waals surface area contributed by atoms with Crippen LogP contribution in [-0.2, 0) is 4.79 Å². The lowest BCUT2D eigenvalue weighted by atomic mass is 9.83. The minimum Gasteiger partial charge on any atom is -0.353 e. The van der Waals surface area contributed by atoms with Crippen LogP contribution in [0.4, 0.5) is 0 Å². The predicted molar refractivity (Wildman–Crippen MR) is 235 cm³/mol. The third kappa shape index (κ3) is 32.8. The van der Waals surface area contributed by atoms with Gasteiger partial charge >= 0.3 is 0 Å². The summed E-state index contributed by atoms with van der Waals surface area (Å²) < 4.78 is 0. The number of nitrogens with zero attached hydrogens (tertiary/aromatic N) is 1. The first-order valence-corrected chi connectivity index (χ1v) is 23.5. The van der Waals surface area contributed by atoms with Crippen molar-refractivity contribution in [2.24, 2.45) is 53.3 Å². The van der Waals surface area contributed by atoms with E-state index in [0.717, 1.165) is 79.1 Å². The number of hydrogen-bond acceptors (Lipinski definition) is 2. The maximum Gasteiger partial charge on any atom is 0.220 e. The molecule has 0 aromatic rings. The highest BCUT2D eigenvalue weighted by Gasteiger charge is 2.19. The molecule has 8 unspecified atom stereocenters. The van der Waals surface area contributed by atoms with Crippen LogP contribution < -0.4 is 5.32 Å². The van der Waals surface area contributed by atoms with Crippen LogP contribution in [0.5, 0.6) is 0 Å². The van der Waals surface area contributed by atoms with Gasteiger partial charge < -0.3 is 10.2 Å². The maximum atomic E-state index is 13.0. The van der Waals surface area contributed by atoms with Crippen molar-refractivity contribution in [3.05, 3.63) is 0 Å². The zero-order valence-electron chi connectivity index (χ0n) is 38.3. The number of amides is 1. The van der Waals surface area contributed by atoms with Crippen molar-refractivity contribution < 1.29 is 4.79 Å². The fourth-order valence-electron chi connectivity index (χ4n) is 8.35. The van der Waals surface area contributed by atoms with Crippen molar-refractivity contribution in [3.63, 3.8) is 0 Å². The van der Waals surface area contributed by atoms with Crippen molar-refractivity contribution >= 4 is 5.91 Å². The number of carbonyl (C=O) groups excluding carboxylic acids is 1. The molecule has 3 nitrogen and oxygen atoms in total. The van der Waals surface area contributed by atoms with E-state index < -0.39 is 0 Å².